The van der Waals surface area contributed by atoms with Crippen LogP contribution in [0.1, 0.15) is 11.1 Å². The highest BCUT2D eigenvalue weighted by Gasteiger charge is 2.05. The minimum atomic E-state index is 0.534. The van der Waals surface area contributed by atoms with E-state index in [2.05, 4.69) is 6.07 Å². The first-order chi connectivity index (χ1) is 9.72. The molecule has 0 aliphatic carbocycles. The molecule has 2 N–H and O–H groups in total. The Labute approximate surface area is 118 Å². The summed E-state index contributed by atoms with van der Waals surface area (Å²) < 4.78 is 10.9. The number of hydrogen-bond donors (Lipinski definition) is 1. The lowest BCUT2D eigenvalue weighted by atomic mass is 10.1. The van der Waals surface area contributed by atoms with E-state index in [1.54, 1.807) is 25.3 Å². The van der Waals surface area contributed by atoms with Gasteiger partial charge >= 0.3 is 0 Å². The van der Waals surface area contributed by atoms with Gasteiger partial charge in [-0.2, -0.15) is 5.26 Å². The third-order valence-corrected chi connectivity index (χ3v) is 2.92. The smallest absolute Gasteiger partial charge is 0.162 e. The third-order valence-electron chi connectivity index (χ3n) is 2.92. The monoisotopic (exact) mass is 268 g/mol. The molecule has 0 saturated heterocycles. The number of anilines is 1. The summed E-state index contributed by atoms with van der Waals surface area (Å²) in [7, 11) is 1.56. The van der Waals surface area contributed by atoms with Crippen LogP contribution in [0.4, 0.5) is 5.69 Å². The van der Waals surface area contributed by atoms with E-state index in [0.717, 1.165) is 17.7 Å². The quantitative estimate of drug-likeness (QED) is 0.847. The van der Waals surface area contributed by atoms with Crippen LogP contribution < -0.4 is 15.2 Å². The normalized spacial score (nSPS) is 9.80. The lowest BCUT2D eigenvalue weighted by Gasteiger charge is -2.10. The zero-order valence-corrected chi connectivity index (χ0v) is 11.3. The van der Waals surface area contributed by atoms with Crippen LogP contribution in [0, 0.1) is 11.3 Å². The molecule has 0 aliphatic heterocycles. The minimum Gasteiger partial charge on any atom is -0.493 e. The first-order valence-electron chi connectivity index (χ1n) is 6.28. The average Bonchev–Trinajstić information content (AvgIpc) is 2.49. The fourth-order valence-corrected chi connectivity index (χ4v) is 1.82. The Bertz CT molecular complexity index is 615. The maximum absolute atomic E-state index is 8.84. The van der Waals surface area contributed by atoms with Gasteiger partial charge in [-0.1, -0.05) is 12.1 Å². The molecule has 20 heavy (non-hydrogen) atoms. The van der Waals surface area contributed by atoms with Gasteiger partial charge in [-0.3, -0.25) is 0 Å². The summed E-state index contributed by atoms with van der Waals surface area (Å²) >= 11 is 0. The summed E-state index contributed by atoms with van der Waals surface area (Å²) in [5.41, 5.74) is 8.10. The van der Waals surface area contributed by atoms with Crippen LogP contribution in [0.15, 0.2) is 42.5 Å². The molecule has 2 rings (SSSR count). The number of ether oxygens (including phenoxy) is 2. The molecule has 0 saturated carbocycles. The Hall–Kier alpha value is -2.67. The Balaban J connectivity index is 1.97. The number of rotatable bonds is 5. The highest BCUT2D eigenvalue weighted by atomic mass is 16.5. The summed E-state index contributed by atoms with van der Waals surface area (Å²) in [5.74, 6) is 1.21. The number of nitrogen functional groups attached to an aromatic ring is 1. The Morgan fingerprint density at radius 2 is 1.85 bits per heavy atom. The van der Waals surface area contributed by atoms with Crippen LogP contribution in [-0.4, -0.2) is 13.7 Å². The Morgan fingerprint density at radius 3 is 2.50 bits per heavy atom. The molecule has 0 spiro atoms. The van der Waals surface area contributed by atoms with Gasteiger partial charge in [0, 0.05) is 18.2 Å². The van der Waals surface area contributed by atoms with E-state index in [1.807, 2.05) is 24.3 Å². The molecule has 0 fully saturated rings. The largest absolute Gasteiger partial charge is 0.493 e. The maximum atomic E-state index is 8.84. The Kier molecular flexibility index (Phi) is 4.46. The molecule has 4 heteroatoms. The second-order valence-electron chi connectivity index (χ2n) is 4.32. The van der Waals surface area contributed by atoms with Crippen molar-refractivity contribution in [2.75, 3.05) is 19.5 Å². The van der Waals surface area contributed by atoms with E-state index in [1.165, 1.54) is 0 Å². The van der Waals surface area contributed by atoms with E-state index in [4.69, 9.17) is 20.5 Å². The lowest BCUT2D eigenvalue weighted by molar-refractivity contribution is 0.297. The molecule has 0 aliphatic rings. The standard InChI is InChI=1S/C16H16N2O2/c1-19-16-10-13(11-17)4-7-15(16)20-9-8-12-2-5-14(18)6-3-12/h2-7,10H,8-9,18H2,1H3. The summed E-state index contributed by atoms with van der Waals surface area (Å²) in [6.07, 6.45) is 0.781. The topological polar surface area (TPSA) is 68.3 Å². The Morgan fingerprint density at radius 1 is 1.10 bits per heavy atom. The molecule has 102 valence electrons. The molecule has 2 aromatic rings. The van der Waals surface area contributed by atoms with Crippen molar-refractivity contribution >= 4 is 5.69 Å². The lowest BCUT2D eigenvalue weighted by Crippen LogP contribution is -2.03. The molecule has 0 bridgehead atoms. The van der Waals surface area contributed by atoms with Crippen molar-refractivity contribution < 1.29 is 9.47 Å². The first-order valence-corrected chi connectivity index (χ1v) is 6.28. The van der Waals surface area contributed by atoms with E-state index in [0.29, 0.717) is 23.7 Å². The highest BCUT2D eigenvalue weighted by Crippen LogP contribution is 2.27. The van der Waals surface area contributed by atoms with Crippen molar-refractivity contribution in [1.82, 2.24) is 0 Å². The minimum absolute atomic E-state index is 0.534. The van der Waals surface area contributed by atoms with Gasteiger partial charge in [-0.15, -0.1) is 0 Å². The van der Waals surface area contributed by atoms with Crippen LogP contribution in [0.2, 0.25) is 0 Å². The van der Waals surface area contributed by atoms with E-state index in [9.17, 15) is 0 Å². The van der Waals surface area contributed by atoms with Crippen molar-refractivity contribution in [3.05, 3.63) is 53.6 Å². The van der Waals surface area contributed by atoms with Crippen molar-refractivity contribution in [2.45, 2.75) is 6.42 Å². The van der Waals surface area contributed by atoms with Gasteiger partial charge in [0.15, 0.2) is 11.5 Å². The number of hydrogen-bond acceptors (Lipinski definition) is 4. The van der Waals surface area contributed by atoms with Gasteiger partial charge < -0.3 is 15.2 Å². The van der Waals surface area contributed by atoms with Gasteiger partial charge in [0.1, 0.15) is 0 Å². The van der Waals surface area contributed by atoms with Gasteiger partial charge in [0.2, 0.25) is 0 Å². The highest BCUT2D eigenvalue weighted by molar-refractivity contribution is 5.46. The number of nitrogens with zero attached hydrogens (tertiary/aromatic N) is 1. The summed E-state index contributed by atoms with van der Waals surface area (Å²) in [5, 5.41) is 8.84. The van der Waals surface area contributed by atoms with Crippen LogP contribution >= 0.6 is 0 Å². The zero-order chi connectivity index (χ0) is 14.4. The van der Waals surface area contributed by atoms with Crippen molar-refractivity contribution in [3.63, 3.8) is 0 Å². The molecule has 0 atom stereocenters. The number of nitrogens with two attached hydrogens (primary N) is 1. The van der Waals surface area contributed by atoms with Gasteiger partial charge in [0.25, 0.3) is 0 Å². The van der Waals surface area contributed by atoms with E-state index < -0.39 is 0 Å². The molecule has 0 radical (unpaired) electrons. The predicted molar refractivity (Wildman–Crippen MR) is 77.8 cm³/mol. The summed E-state index contributed by atoms with van der Waals surface area (Å²) in [6.45, 7) is 0.534. The van der Waals surface area contributed by atoms with E-state index >= 15 is 0 Å². The number of benzene rings is 2. The summed E-state index contributed by atoms with van der Waals surface area (Å²) in [4.78, 5) is 0. The summed E-state index contributed by atoms with van der Waals surface area (Å²) in [6, 6.07) is 14.9. The average molecular weight is 268 g/mol. The number of methoxy groups -OCH3 is 1. The molecule has 0 heterocycles. The second kappa shape index (κ2) is 6.48. The van der Waals surface area contributed by atoms with Crippen LogP contribution in [0.25, 0.3) is 0 Å². The number of nitriles is 1. The van der Waals surface area contributed by atoms with Crippen molar-refractivity contribution in [1.29, 1.82) is 5.26 Å². The predicted octanol–water partition coefficient (Wildman–Crippen LogP) is 2.77. The molecule has 0 unspecified atom stereocenters. The van der Waals surface area contributed by atoms with Crippen molar-refractivity contribution in [2.24, 2.45) is 0 Å². The third kappa shape index (κ3) is 3.42. The van der Waals surface area contributed by atoms with Gasteiger partial charge in [-0.05, 0) is 29.8 Å². The zero-order valence-electron chi connectivity index (χ0n) is 11.3. The van der Waals surface area contributed by atoms with Crippen LogP contribution in [0.5, 0.6) is 11.5 Å². The molecule has 2 aromatic carbocycles. The fourth-order valence-electron chi connectivity index (χ4n) is 1.82. The molecular formula is C16H16N2O2. The van der Waals surface area contributed by atoms with Gasteiger partial charge in [0.05, 0.1) is 25.3 Å². The van der Waals surface area contributed by atoms with E-state index in [-0.39, 0.29) is 0 Å². The van der Waals surface area contributed by atoms with Crippen LogP contribution in [-0.2, 0) is 6.42 Å². The first kappa shape index (κ1) is 13.8. The van der Waals surface area contributed by atoms with Gasteiger partial charge in [-0.25, -0.2) is 0 Å². The molecular weight excluding hydrogens is 252 g/mol. The fraction of sp³-hybridized carbons (Fsp3) is 0.188. The molecule has 0 amide bonds. The molecule has 0 aromatic heterocycles. The maximum Gasteiger partial charge on any atom is 0.162 e. The van der Waals surface area contributed by atoms with Crippen molar-refractivity contribution in [3.8, 4) is 17.6 Å². The second-order valence-corrected chi connectivity index (χ2v) is 4.32. The molecule has 4 nitrogen and oxygen atoms in total. The SMILES string of the molecule is COc1cc(C#N)ccc1OCCc1ccc(N)cc1. The van der Waals surface area contributed by atoms with Crippen LogP contribution in [0.3, 0.4) is 0 Å².